The van der Waals surface area contributed by atoms with Crippen LogP contribution in [-0.2, 0) is 6.54 Å². The Morgan fingerprint density at radius 1 is 1.41 bits per heavy atom. The maximum atomic E-state index is 9.59. The average Bonchev–Trinajstić information content (AvgIpc) is 2.76. The van der Waals surface area contributed by atoms with Crippen molar-refractivity contribution in [3.05, 3.63) is 16.1 Å². The van der Waals surface area contributed by atoms with E-state index in [0.29, 0.717) is 6.61 Å². The Labute approximate surface area is 107 Å². The van der Waals surface area contributed by atoms with Crippen LogP contribution in [0.25, 0.3) is 0 Å². The predicted molar refractivity (Wildman–Crippen MR) is 71.2 cm³/mol. The Balaban J connectivity index is 1.79. The lowest BCUT2D eigenvalue weighted by atomic mass is 9.74. The summed E-state index contributed by atoms with van der Waals surface area (Å²) >= 11 is 1.71. The Morgan fingerprint density at radius 2 is 2.18 bits per heavy atom. The topological polar surface area (TPSA) is 45.1 Å². The predicted octanol–water partition coefficient (Wildman–Crippen LogP) is 2.48. The number of aliphatic hydroxyl groups excluding tert-OH is 1. The van der Waals surface area contributed by atoms with Gasteiger partial charge in [-0.05, 0) is 19.8 Å². The fourth-order valence-corrected chi connectivity index (χ4v) is 3.35. The fraction of sp³-hybridized carbons (Fsp3) is 0.769. The highest BCUT2D eigenvalue weighted by molar-refractivity contribution is 7.09. The third kappa shape index (κ3) is 3.50. The lowest BCUT2D eigenvalue weighted by Gasteiger charge is -2.35. The molecule has 0 saturated heterocycles. The summed E-state index contributed by atoms with van der Waals surface area (Å²) in [5.74, 6) is 0. The van der Waals surface area contributed by atoms with Crippen molar-refractivity contribution >= 4 is 11.3 Å². The van der Waals surface area contributed by atoms with Crippen LogP contribution in [0.5, 0.6) is 0 Å². The summed E-state index contributed by atoms with van der Waals surface area (Å²) in [5, 5.41) is 16.3. The van der Waals surface area contributed by atoms with Crippen molar-refractivity contribution in [3.63, 3.8) is 0 Å². The van der Waals surface area contributed by atoms with Crippen LogP contribution < -0.4 is 5.32 Å². The van der Waals surface area contributed by atoms with Gasteiger partial charge in [-0.15, -0.1) is 11.3 Å². The summed E-state index contributed by atoms with van der Waals surface area (Å²) in [4.78, 5) is 4.44. The molecule has 1 heterocycles. The van der Waals surface area contributed by atoms with Crippen molar-refractivity contribution in [2.75, 3.05) is 13.2 Å². The van der Waals surface area contributed by atoms with Crippen molar-refractivity contribution in [1.29, 1.82) is 0 Å². The molecule has 4 heteroatoms. The normalized spacial score (nSPS) is 19.4. The van der Waals surface area contributed by atoms with Crippen LogP contribution >= 0.6 is 11.3 Å². The van der Waals surface area contributed by atoms with E-state index in [4.69, 9.17) is 0 Å². The molecule has 1 aromatic heterocycles. The minimum Gasteiger partial charge on any atom is -0.396 e. The average molecular weight is 254 g/mol. The van der Waals surface area contributed by atoms with Crippen LogP contribution in [0, 0.1) is 12.3 Å². The molecule has 96 valence electrons. The monoisotopic (exact) mass is 254 g/mol. The number of nitrogens with zero attached hydrogens (tertiary/aromatic N) is 1. The van der Waals surface area contributed by atoms with Crippen LogP contribution in [0.4, 0.5) is 0 Å². The lowest BCUT2D eigenvalue weighted by Crippen LogP contribution is -2.38. The third-order valence-electron chi connectivity index (χ3n) is 3.69. The molecule has 0 aromatic carbocycles. The molecule has 1 saturated carbocycles. The van der Waals surface area contributed by atoms with Gasteiger partial charge in [0, 0.05) is 36.2 Å². The molecular weight excluding hydrogens is 232 g/mol. The number of aromatic nitrogens is 1. The molecule has 1 aliphatic carbocycles. The Kier molecular flexibility index (Phi) is 4.54. The number of aryl methyl sites for hydroxylation is 1. The molecule has 2 rings (SSSR count). The summed E-state index contributed by atoms with van der Waals surface area (Å²) in [6, 6.07) is 0. The molecule has 2 N–H and O–H groups in total. The maximum Gasteiger partial charge on any atom is 0.107 e. The lowest BCUT2D eigenvalue weighted by molar-refractivity contribution is 0.0810. The van der Waals surface area contributed by atoms with Crippen LogP contribution in [0.15, 0.2) is 5.38 Å². The Morgan fingerprint density at radius 3 is 2.76 bits per heavy atom. The van der Waals surface area contributed by atoms with Gasteiger partial charge in [0.2, 0.25) is 0 Å². The molecule has 0 atom stereocenters. The van der Waals surface area contributed by atoms with E-state index in [9.17, 15) is 5.11 Å². The first kappa shape index (κ1) is 13.0. The van der Waals surface area contributed by atoms with E-state index in [1.807, 2.05) is 6.92 Å². The molecule has 0 radical (unpaired) electrons. The molecule has 3 nitrogen and oxygen atoms in total. The van der Waals surface area contributed by atoms with Crippen molar-refractivity contribution in [2.45, 2.75) is 45.6 Å². The number of thiazole rings is 1. The largest absolute Gasteiger partial charge is 0.396 e. The van der Waals surface area contributed by atoms with E-state index in [1.54, 1.807) is 11.3 Å². The van der Waals surface area contributed by atoms with Gasteiger partial charge in [0.15, 0.2) is 0 Å². The molecule has 1 aliphatic rings. The Hall–Kier alpha value is -0.450. The van der Waals surface area contributed by atoms with Crippen molar-refractivity contribution in [3.8, 4) is 0 Å². The number of rotatable bonds is 5. The van der Waals surface area contributed by atoms with E-state index in [-0.39, 0.29) is 5.41 Å². The molecule has 1 fully saturated rings. The van der Waals surface area contributed by atoms with Crippen LogP contribution in [0.2, 0.25) is 0 Å². The Bertz CT molecular complexity index is 345. The summed E-state index contributed by atoms with van der Waals surface area (Å²) in [6.07, 6.45) is 6.17. The van der Waals surface area contributed by atoms with Gasteiger partial charge in [0.05, 0.1) is 0 Å². The minimum atomic E-state index is 0.130. The van der Waals surface area contributed by atoms with E-state index in [0.717, 1.165) is 36.6 Å². The van der Waals surface area contributed by atoms with Crippen LogP contribution in [0.1, 0.15) is 42.8 Å². The van der Waals surface area contributed by atoms with Gasteiger partial charge in [-0.3, -0.25) is 0 Å². The van der Waals surface area contributed by atoms with Crippen molar-refractivity contribution in [1.82, 2.24) is 10.3 Å². The molecule has 17 heavy (non-hydrogen) atoms. The van der Waals surface area contributed by atoms with Gasteiger partial charge in [-0.1, -0.05) is 19.3 Å². The van der Waals surface area contributed by atoms with Gasteiger partial charge in [-0.2, -0.15) is 0 Å². The first-order valence-electron chi connectivity index (χ1n) is 6.47. The zero-order valence-corrected chi connectivity index (χ0v) is 11.4. The number of nitrogens with one attached hydrogen (secondary N) is 1. The van der Waals surface area contributed by atoms with Crippen molar-refractivity contribution < 1.29 is 5.11 Å². The molecule has 0 spiro atoms. The van der Waals surface area contributed by atoms with Gasteiger partial charge < -0.3 is 10.4 Å². The highest BCUT2D eigenvalue weighted by atomic mass is 32.1. The van der Waals surface area contributed by atoms with Gasteiger partial charge >= 0.3 is 0 Å². The maximum absolute atomic E-state index is 9.59. The quantitative estimate of drug-likeness (QED) is 0.848. The molecule has 0 amide bonds. The summed E-state index contributed by atoms with van der Waals surface area (Å²) in [7, 11) is 0. The molecule has 0 bridgehead atoms. The standard InChI is InChI=1S/C13H22N2OS/c1-11-8-17-12(15-11)7-14-9-13(10-16)5-3-2-4-6-13/h8,14,16H,2-7,9-10H2,1H3. The molecule has 1 aromatic rings. The van der Waals surface area contributed by atoms with E-state index >= 15 is 0 Å². The second kappa shape index (κ2) is 5.94. The van der Waals surface area contributed by atoms with Crippen molar-refractivity contribution in [2.24, 2.45) is 5.41 Å². The van der Waals surface area contributed by atoms with Gasteiger partial charge in [-0.25, -0.2) is 4.98 Å². The number of hydrogen-bond acceptors (Lipinski definition) is 4. The van der Waals surface area contributed by atoms with Gasteiger partial charge in [0.1, 0.15) is 5.01 Å². The first-order chi connectivity index (χ1) is 8.24. The SMILES string of the molecule is Cc1csc(CNCC2(CO)CCCCC2)n1. The molecule has 0 aliphatic heterocycles. The van der Waals surface area contributed by atoms with E-state index < -0.39 is 0 Å². The van der Waals surface area contributed by atoms with Gasteiger partial charge in [0.25, 0.3) is 0 Å². The smallest absolute Gasteiger partial charge is 0.107 e. The molecular formula is C13H22N2OS. The zero-order chi connectivity index (χ0) is 12.1. The third-order valence-corrected chi connectivity index (χ3v) is 4.66. The highest BCUT2D eigenvalue weighted by Crippen LogP contribution is 2.35. The van der Waals surface area contributed by atoms with Crippen LogP contribution in [0.3, 0.4) is 0 Å². The summed E-state index contributed by atoms with van der Waals surface area (Å²) in [6.45, 7) is 4.09. The number of aliphatic hydroxyl groups is 1. The highest BCUT2D eigenvalue weighted by Gasteiger charge is 2.30. The van der Waals surface area contributed by atoms with E-state index in [2.05, 4.69) is 15.7 Å². The van der Waals surface area contributed by atoms with Crippen LogP contribution in [-0.4, -0.2) is 23.2 Å². The summed E-state index contributed by atoms with van der Waals surface area (Å²) in [5.41, 5.74) is 1.23. The van der Waals surface area contributed by atoms with E-state index in [1.165, 1.54) is 19.3 Å². The molecule has 0 unspecified atom stereocenters. The second-order valence-corrected chi connectivity index (χ2v) is 6.15. The first-order valence-corrected chi connectivity index (χ1v) is 7.35. The fourth-order valence-electron chi connectivity index (χ4n) is 2.61. The summed E-state index contributed by atoms with van der Waals surface area (Å²) < 4.78 is 0. The second-order valence-electron chi connectivity index (χ2n) is 5.20. The minimum absolute atomic E-state index is 0.130. The number of hydrogen-bond donors (Lipinski definition) is 2. The zero-order valence-electron chi connectivity index (χ0n) is 10.5.